The Morgan fingerprint density at radius 2 is 1.42 bits per heavy atom. The molecule has 0 saturated heterocycles. The Balaban J connectivity index is 0.000000540. The van der Waals surface area contributed by atoms with E-state index in [4.69, 9.17) is 4.43 Å². The zero-order valence-corrected chi connectivity index (χ0v) is 26.0. The molecule has 4 nitrogen and oxygen atoms in total. The van der Waals surface area contributed by atoms with E-state index in [-0.39, 0.29) is 5.12 Å². The lowest BCUT2D eigenvalue weighted by molar-refractivity contribution is -0.123. The van der Waals surface area contributed by atoms with Crippen molar-refractivity contribution in [1.29, 1.82) is 0 Å². The summed E-state index contributed by atoms with van der Waals surface area (Å²) in [6.07, 6.45) is 0.0836. The van der Waals surface area contributed by atoms with Crippen molar-refractivity contribution in [3.8, 4) is 0 Å². The quantitative estimate of drug-likeness (QED) is 0.193. The summed E-state index contributed by atoms with van der Waals surface area (Å²) in [6.45, 7) is 18.5. The van der Waals surface area contributed by atoms with Gasteiger partial charge in [-0.1, -0.05) is 98.0 Å². The monoisotopic (exact) mass is 548 g/mol. The SMILES string of the molecule is CCSC(=O)C(C)(C)C(O)c1ccccc1.CCSC(O[Si](C)(C)C)=C(C)C.O=Cc1ccccc1. The highest BCUT2D eigenvalue weighted by atomic mass is 32.2. The summed E-state index contributed by atoms with van der Waals surface area (Å²) in [7, 11) is -1.40. The Morgan fingerprint density at radius 3 is 1.78 bits per heavy atom. The van der Waals surface area contributed by atoms with Crippen molar-refractivity contribution in [3.05, 3.63) is 82.5 Å². The molecule has 0 bridgehead atoms. The van der Waals surface area contributed by atoms with Crippen molar-refractivity contribution in [3.63, 3.8) is 0 Å². The molecule has 0 aliphatic rings. The van der Waals surface area contributed by atoms with Gasteiger partial charge in [0.05, 0.1) is 11.5 Å². The topological polar surface area (TPSA) is 63.6 Å². The molecular weight excluding hydrogens is 505 g/mol. The molecule has 2 rings (SSSR count). The number of aldehydes is 1. The van der Waals surface area contributed by atoms with Crippen LogP contribution in [0.25, 0.3) is 0 Å². The molecule has 0 aromatic heterocycles. The number of carbonyl (C=O) groups excluding carboxylic acids is 2. The van der Waals surface area contributed by atoms with Crippen LogP contribution in [0.4, 0.5) is 0 Å². The fourth-order valence-electron chi connectivity index (χ4n) is 2.70. The molecular formula is C29H44O4S2Si. The van der Waals surface area contributed by atoms with E-state index in [1.54, 1.807) is 37.7 Å². The number of thioether (sulfide) groups is 2. The van der Waals surface area contributed by atoms with Crippen molar-refractivity contribution in [2.24, 2.45) is 5.41 Å². The first kappa shape index (κ1) is 34.2. The molecule has 0 aliphatic carbocycles. The Labute approximate surface area is 228 Å². The van der Waals surface area contributed by atoms with Gasteiger partial charge in [-0.3, -0.25) is 9.59 Å². The Morgan fingerprint density at radius 1 is 0.944 bits per heavy atom. The number of benzene rings is 2. The summed E-state index contributed by atoms with van der Waals surface area (Å²) in [6, 6.07) is 18.4. The second-order valence-corrected chi connectivity index (χ2v) is 16.6. The maximum Gasteiger partial charge on any atom is 0.242 e. The average Bonchev–Trinajstić information content (AvgIpc) is 2.84. The van der Waals surface area contributed by atoms with E-state index in [9.17, 15) is 14.7 Å². The predicted molar refractivity (Wildman–Crippen MR) is 161 cm³/mol. The number of aliphatic hydroxyl groups excluding tert-OH is 1. The molecule has 36 heavy (non-hydrogen) atoms. The van der Waals surface area contributed by atoms with Gasteiger partial charge in [0.2, 0.25) is 8.32 Å². The third kappa shape index (κ3) is 14.1. The zero-order valence-electron chi connectivity index (χ0n) is 23.3. The Hall–Kier alpha value is -1.80. The summed E-state index contributed by atoms with van der Waals surface area (Å²) < 4.78 is 5.92. The first-order chi connectivity index (χ1) is 16.8. The van der Waals surface area contributed by atoms with E-state index in [0.29, 0.717) is 0 Å². The van der Waals surface area contributed by atoms with Gasteiger partial charge < -0.3 is 9.53 Å². The largest absolute Gasteiger partial charge is 0.540 e. The lowest BCUT2D eigenvalue weighted by Gasteiger charge is -2.28. The van der Waals surface area contributed by atoms with E-state index in [2.05, 4.69) is 40.4 Å². The summed E-state index contributed by atoms with van der Waals surface area (Å²) >= 11 is 3.07. The Kier molecular flexibility index (Phi) is 16.7. The van der Waals surface area contributed by atoms with Crippen LogP contribution in [0.1, 0.15) is 63.6 Å². The highest BCUT2D eigenvalue weighted by Gasteiger charge is 2.36. The molecule has 0 aliphatic heterocycles. The first-order valence-corrected chi connectivity index (χ1v) is 17.6. The number of carbonyl (C=O) groups is 2. The molecule has 0 heterocycles. The molecule has 2 aromatic rings. The van der Waals surface area contributed by atoms with E-state index in [0.717, 1.165) is 34.0 Å². The standard InChI is InChI=1S/C13H18O2S.C9H20OSSi.C7H6O/c1-4-16-12(15)13(2,3)11(14)10-8-6-5-7-9-10;1-7-11-9(8(2)3)10-12(4,5)6;8-6-7-4-2-1-3-5-7/h5-9,11,14H,4H2,1-3H3;7H2,1-6H3;1-6H. The van der Waals surface area contributed by atoms with E-state index < -0.39 is 19.8 Å². The fourth-order valence-corrected chi connectivity index (χ4v) is 5.74. The smallest absolute Gasteiger partial charge is 0.242 e. The van der Waals surface area contributed by atoms with Crippen molar-refractivity contribution < 1.29 is 19.1 Å². The van der Waals surface area contributed by atoms with Crippen LogP contribution in [-0.2, 0) is 9.22 Å². The normalized spacial score (nSPS) is 11.6. The van der Waals surface area contributed by atoms with Gasteiger partial charge in [-0.2, -0.15) is 0 Å². The molecule has 0 spiro atoms. The maximum absolute atomic E-state index is 11.9. The molecule has 1 unspecified atom stereocenters. The minimum atomic E-state index is -1.40. The van der Waals surface area contributed by atoms with Crippen LogP contribution >= 0.6 is 23.5 Å². The van der Waals surface area contributed by atoms with Crippen molar-refractivity contribution in [1.82, 2.24) is 0 Å². The molecule has 200 valence electrons. The number of aliphatic hydroxyl groups is 1. The number of hydrogen-bond donors (Lipinski definition) is 1. The minimum Gasteiger partial charge on any atom is -0.540 e. The summed E-state index contributed by atoms with van der Waals surface area (Å²) in [4.78, 5) is 21.9. The van der Waals surface area contributed by atoms with Gasteiger partial charge in [0.1, 0.15) is 11.4 Å². The van der Waals surface area contributed by atoms with Crippen LogP contribution in [0.15, 0.2) is 71.3 Å². The highest BCUT2D eigenvalue weighted by molar-refractivity contribution is 8.13. The van der Waals surface area contributed by atoms with E-state index >= 15 is 0 Å². The second kappa shape index (κ2) is 17.6. The van der Waals surface area contributed by atoms with Gasteiger partial charge in [0.15, 0.2) is 5.12 Å². The van der Waals surface area contributed by atoms with Crippen LogP contribution in [0, 0.1) is 5.41 Å². The third-order valence-corrected chi connectivity index (χ3v) is 7.70. The first-order valence-electron chi connectivity index (χ1n) is 12.2. The molecule has 7 heteroatoms. The van der Waals surface area contributed by atoms with Crippen LogP contribution in [-0.4, -0.2) is 36.3 Å². The van der Waals surface area contributed by atoms with Crippen molar-refractivity contribution >= 4 is 43.2 Å². The number of rotatable bonds is 9. The van der Waals surface area contributed by atoms with Gasteiger partial charge in [-0.15, -0.1) is 0 Å². The van der Waals surface area contributed by atoms with Crippen LogP contribution in [0.5, 0.6) is 0 Å². The van der Waals surface area contributed by atoms with Crippen LogP contribution < -0.4 is 0 Å². The number of hydrogen-bond acceptors (Lipinski definition) is 6. The van der Waals surface area contributed by atoms with E-state index in [1.807, 2.05) is 55.5 Å². The highest BCUT2D eigenvalue weighted by Crippen LogP contribution is 2.37. The summed E-state index contributed by atoms with van der Waals surface area (Å²) in [5.41, 5.74) is 2.07. The minimum absolute atomic E-state index is 0.0337. The Bertz CT molecular complexity index is 919. The van der Waals surface area contributed by atoms with Crippen molar-refractivity contribution in [2.75, 3.05) is 11.5 Å². The van der Waals surface area contributed by atoms with Gasteiger partial charge >= 0.3 is 0 Å². The molecule has 0 fully saturated rings. The van der Waals surface area contributed by atoms with Gasteiger partial charge in [0.25, 0.3) is 0 Å². The lowest BCUT2D eigenvalue weighted by Crippen LogP contribution is -2.29. The van der Waals surface area contributed by atoms with E-state index in [1.165, 1.54) is 17.3 Å². The predicted octanol–water partition coefficient (Wildman–Crippen LogP) is 8.37. The fraction of sp³-hybridized carbons (Fsp3) is 0.448. The number of allylic oxidation sites excluding steroid dienone is 1. The van der Waals surface area contributed by atoms with Gasteiger partial charge in [-0.25, -0.2) is 0 Å². The van der Waals surface area contributed by atoms with Gasteiger partial charge in [-0.05, 0) is 70.0 Å². The molecule has 2 aromatic carbocycles. The third-order valence-electron chi connectivity index (χ3n) is 4.62. The lowest BCUT2D eigenvalue weighted by atomic mass is 9.84. The summed E-state index contributed by atoms with van der Waals surface area (Å²) in [5.74, 6) is 1.83. The maximum atomic E-state index is 11.9. The second-order valence-electron chi connectivity index (χ2n) is 9.72. The van der Waals surface area contributed by atoms with Crippen LogP contribution in [0.3, 0.4) is 0 Å². The molecule has 0 amide bonds. The zero-order chi connectivity index (χ0) is 27.8. The van der Waals surface area contributed by atoms with Crippen LogP contribution in [0.2, 0.25) is 19.6 Å². The molecule has 1 atom stereocenters. The molecule has 0 radical (unpaired) electrons. The molecule has 0 saturated carbocycles. The van der Waals surface area contributed by atoms with Gasteiger partial charge in [0, 0.05) is 5.56 Å². The average molecular weight is 549 g/mol. The summed E-state index contributed by atoms with van der Waals surface area (Å²) in [5, 5.41) is 11.4. The molecule has 1 N–H and O–H groups in total. The van der Waals surface area contributed by atoms with Crippen molar-refractivity contribution in [2.45, 2.75) is 67.3 Å².